The van der Waals surface area contributed by atoms with Crippen LogP contribution in [-0.2, 0) is 13.1 Å². The smallest absolute Gasteiger partial charge is 0.0794 e. The van der Waals surface area contributed by atoms with Gasteiger partial charge in [0.2, 0.25) is 0 Å². The summed E-state index contributed by atoms with van der Waals surface area (Å²) in [4.78, 5) is 5.40. The molecule has 0 fully saturated rings. The molecule has 3 nitrogen and oxygen atoms in total. The third-order valence-corrected chi connectivity index (χ3v) is 3.79. The van der Waals surface area contributed by atoms with Gasteiger partial charge in [0.1, 0.15) is 0 Å². The molecule has 2 heterocycles. The van der Waals surface area contributed by atoms with Crippen LogP contribution in [0.4, 0.5) is 0 Å². The number of hydrogen-bond donors (Lipinski definition) is 1. The van der Waals surface area contributed by atoms with Crippen LogP contribution in [0, 0.1) is 0 Å². The Bertz CT molecular complexity index is 640. The maximum atomic E-state index is 4.12. The molecule has 0 aliphatic carbocycles. The first kappa shape index (κ1) is 11.4. The van der Waals surface area contributed by atoms with E-state index in [1.54, 1.807) is 11.3 Å². The van der Waals surface area contributed by atoms with Crippen LogP contribution >= 0.6 is 11.3 Å². The highest BCUT2D eigenvalue weighted by Gasteiger charge is 2.03. The summed E-state index contributed by atoms with van der Waals surface area (Å²) in [5.74, 6) is 0. The van der Waals surface area contributed by atoms with Crippen LogP contribution in [0.1, 0.15) is 10.4 Å². The summed E-state index contributed by atoms with van der Waals surface area (Å²) in [7, 11) is 1.97. The Balaban J connectivity index is 1.94. The first-order valence-corrected chi connectivity index (χ1v) is 6.84. The van der Waals surface area contributed by atoms with E-state index >= 15 is 0 Å². The first-order valence-electron chi connectivity index (χ1n) is 5.96. The minimum Gasteiger partial charge on any atom is -0.342 e. The van der Waals surface area contributed by atoms with Gasteiger partial charge in [0.05, 0.1) is 12.1 Å². The van der Waals surface area contributed by atoms with Crippen LogP contribution in [0.5, 0.6) is 0 Å². The molecule has 0 amide bonds. The van der Waals surface area contributed by atoms with Crippen molar-refractivity contribution in [3.8, 4) is 0 Å². The van der Waals surface area contributed by atoms with E-state index in [4.69, 9.17) is 0 Å². The molecule has 0 saturated carbocycles. The van der Waals surface area contributed by atoms with Crippen LogP contribution in [-0.4, -0.2) is 16.6 Å². The molecule has 1 N–H and O–H groups in total. The number of fused-ring (bicyclic) bond motifs is 1. The van der Waals surface area contributed by atoms with Gasteiger partial charge in [0, 0.05) is 29.3 Å². The molecule has 4 heteroatoms. The van der Waals surface area contributed by atoms with E-state index in [1.807, 2.05) is 18.8 Å². The second kappa shape index (κ2) is 4.92. The first-order chi connectivity index (χ1) is 8.86. The highest BCUT2D eigenvalue weighted by molar-refractivity contribution is 7.09. The molecule has 18 heavy (non-hydrogen) atoms. The van der Waals surface area contributed by atoms with E-state index < -0.39 is 0 Å². The average molecular weight is 257 g/mol. The van der Waals surface area contributed by atoms with Crippen LogP contribution in [0.25, 0.3) is 10.9 Å². The quantitative estimate of drug-likeness (QED) is 0.779. The topological polar surface area (TPSA) is 29.9 Å². The molecule has 0 unspecified atom stereocenters. The van der Waals surface area contributed by atoms with Crippen molar-refractivity contribution in [2.75, 3.05) is 7.05 Å². The van der Waals surface area contributed by atoms with E-state index in [1.165, 1.54) is 21.3 Å². The maximum Gasteiger partial charge on any atom is 0.0794 e. The summed E-state index contributed by atoms with van der Waals surface area (Å²) in [6, 6.07) is 8.80. The van der Waals surface area contributed by atoms with E-state index in [0.717, 1.165) is 13.1 Å². The molecule has 1 aromatic carbocycles. The number of aromatic nitrogens is 2. The molecule has 0 spiro atoms. The Hall–Kier alpha value is -1.65. The van der Waals surface area contributed by atoms with Crippen molar-refractivity contribution >= 4 is 22.2 Å². The zero-order chi connectivity index (χ0) is 12.4. The molecule has 0 aliphatic heterocycles. The van der Waals surface area contributed by atoms with E-state index in [-0.39, 0.29) is 0 Å². The second-order valence-corrected chi connectivity index (χ2v) is 5.31. The lowest BCUT2D eigenvalue weighted by Crippen LogP contribution is -2.04. The normalized spacial score (nSPS) is 11.2. The van der Waals surface area contributed by atoms with Crippen molar-refractivity contribution in [1.29, 1.82) is 0 Å². The number of benzene rings is 1. The molecule has 92 valence electrons. The molecule has 2 aromatic heterocycles. The monoisotopic (exact) mass is 257 g/mol. The molecule has 0 saturated heterocycles. The minimum atomic E-state index is 0.902. The molecular weight excluding hydrogens is 242 g/mol. The average Bonchev–Trinajstić information content (AvgIpc) is 3.00. The van der Waals surface area contributed by atoms with Gasteiger partial charge in [-0.1, -0.05) is 6.07 Å². The Morgan fingerprint density at radius 2 is 2.28 bits per heavy atom. The summed E-state index contributed by atoms with van der Waals surface area (Å²) in [6.07, 6.45) is 4.08. The van der Waals surface area contributed by atoms with Gasteiger partial charge in [-0.25, -0.2) is 0 Å². The summed E-state index contributed by atoms with van der Waals surface area (Å²) in [6.45, 7) is 1.81. The second-order valence-electron chi connectivity index (χ2n) is 4.33. The fraction of sp³-hybridized carbons (Fsp3) is 0.214. The lowest BCUT2D eigenvalue weighted by Gasteiger charge is -2.04. The van der Waals surface area contributed by atoms with E-state index in [9.17, 15) is 0 Å². The van der Waals surface area contributed by atoms with Gasteiger partial charge >= 0.3 is 0 Å². The number of hydrogen-bond acceptors (Lipinski definition) is 3. The summed E-state index contributed by atoms with van der Waals surface area (Å²) in [5, 5.41) is 4.48. The minimum absolute atomic E-state index is 0.902. The molecule has 0 bridgehead atoms. The fourth-order valence-corrected chi connectivity index (χ4v) is 2.78. The van der Waals surface area contributed by atoms with Crippen molar-refractivity contribution < 1.29 is 0 Å². The summed E-state index contributed by atoms with van der Waals surface area (Å²) < 4.78 is 2.27. The fourth-order valence-electron chi connectivity index (χ4n) is 2.19. The van der Waals surface area contributed by atoms with Crippen molar-refractivity contribution in [2.45, 2.75) is 13.1 Å². The van der Waals surface area contributed by atoms with Gasteiger partial charge in [0.15, 0.2) is 0 Å². The molecule has 3 aromatic rings. The van der Waals surface area contributed by atoms with Gasteiger partial charge in [-0.15, -0.1) is 11.3 Å². The van der Waals surface area contributed by atoms with Crippen molar-refractivity contribution in [3.05, 3.63) is 52.6 Å². The molecular formula is C14H15N3S. The van der Waals surface area contributed by atoms with Crippen molar-refractivity contribution in [3.63, 3.8) is 0 Å². The van der Waals surface area contributed by atoms with E-state index in [0.29, 0.717) is 0 Å². The third-order valence-electron chi connectivity index (χ3n) is 3.03. The van der Waals surface area contributed by atoms with Crippen LogP contribution < -0.4 is 5.32 Å². The lowest BCUT2D eigenvalue weighted by atomic mass is 10.1. The summed E-state index contributed by atoms with van der Waals surface area (Å²) in [5.41, 5.74) is 4.48. The van der Waals surface area contributed by atoms with Crippen LogP contribution in [0.15, 0.2) is 42.2 Å². The lowest BCUT2D eigenvalue weighted by molar-refractivity contribution is 0.818. The Morgan fingerprint density at radius 3 is 3.06 bits per heavy atom. The van der Waals surface area contributed by atoms with Crippen molar-refractivity contribution in [1.82, 2.24) is 14.9 Å². The van der Waals surface area contributed by atoms with Gasteiger partial charge in [-0.3, -0.25) is 4.98 Å². The Morgan fingerprint density at radius 1 is 1.33 bits per heavy atom. The highest BCUT2D eigenvalue weighted by atomic mass is 32.1. The van der Waals surface area contributed by atoms with Crippen LogP contribution in [0.2, 0.25) is 0 Å². The van der Waals surface area contributed by atoms with Gasteiger partial charge in [-0.2, -0.15) is 0 Å². The standard InChI is InChI=1S/C14H15N3S/c1-15-7-11-2-3-14-12(6-11)4-5-17(14)9-13-8-16-10-18-13/h2-6,8,10,15H,7,9H2,1H3. The highest BCUT2D eigenvalue weighted by Crippen LogP contribution is 2.20. The maximum absolute atomic E-state index is 4.12. The van der Waals surface area contributed by atoms with Gasteiger partial charge < -0.3 is 9.88 Å². The SMILES string of the molecule is CNCc1ccc2c(ccn2Cc2cncs2)c1. The van der Waals surface area contributed by atoms with Gasteiger partial charge in [-0.05, 0) is 36.2 Å². The molecule has 0 atom stereocenters. The zero-order valence-electron chi connectivity index (χ0n) is 10.3. The number of nitrogens with zero attached hydrogens (tertiary/aromatic N) is 2. The zero-order valence-corrected chi connectivity index (χ0v) is 11.1. The molecule has 0 aliphatic rings. The third kappa shape index (κ3) is 2.17. The summed E-state index contributed by atoms with van der Waals surface area (Å²) >= 11 is 1.70. The molecule has 3 rings (SSSR count). The van der Waals surface area contributed by atoms with Gasteiger partial charge in [0.25, 0.3) is 0 Å². The predicted molar refractivity (Wildman–Crippen MR) is 75.9 cm³/mol. The van der Waals surface area contributed by atoms with E-state index in [2.05, 4.69) is 45.3 Å². The number of rotatable bonds is 4. The Labute approximate surface area is 110 Å². The van der Waals surface area contributed by atoms with Crippen molar-refractivity contribution in [2.24, 2.45) is 0 Å². The largest absolute Gasteiger partial charge is 0.342 e. The van der Waals surface area contributed by atoms with Crippen LogP contribution in [0.3, 0.4) is 0 Å². The number of thiazole rings is 1. The molecule has 0 radical (unpaired) electrons. The number of nitrogens with one attached hydrogen (secondary N) is 1. The Kier molecular flexibility index (Phi) is 3.13. The predicted octanol–water partition coefficient (Wildman–Crippen LogP) is 2.87.